The van der Waals surface area contributed by atoms with Gasteiger partial charge in [-0.3, -0.25) is 14.2 Å². The number of nitrogens with one attached hydrogen (secondary N) is 1. The summed E-state index contributed by atoms with van der Waals surface area (Å²) in [7, 11) is 0. The lowest BCUT2D eigenvalue weighted by molar-refractivity contribution is 0.0950. The first kappa shape index (κ1) is 20.1. The van der Waals surface area contributed by atoms with Crippen LogP contribution in [0.15, 0.2) is 53.6 Å². The van der Waals surface area contributed by atoms with Crippen molar-refractivity contribution in [1.82, 2.24) is 14.9 Å². The Morgan fingerprint density at radius 2 is 2.00 bits per heavy atom. The highest BCUT2D eigenvalue weighted by Gasteiger charge is 2.19. The van der Waals surface area contributed by atoms with Gasteiger partial charge < -0.3 is 10.1 Å². The average Bonchev–Trinajstić information content (AvgIpc) is 3.30. The Morgan fingerprint density at radius 3 is 2.77 bits per heavy atom. The molecule has 6 heteroatoms. The number of hydrogen-bond acceptors (Lipinski definition) is 4. The molecule has 1 fully saturated rings. The number of nitrogens with zero attached hydrogens (tertiary/aromatic N) is 2. The third-order valence-electron chi connectivity index (χ3n) is 5.73. The predicted molar refractivity (Wildman–Crippen MR) is 117 cm³/mol. The first-order valence-corrected chi connectivity index (χ1v) is 10.7. The lowest BCUT2D eigenvalue weighted by Crippen LogP contribution is -2.31. The van der Waals surface area contributed by atoms with Crippen LogP contribution >= 0.6 is 0 Å². The number of carbonyl (C=O) groups is 1. The van der Waals surface area contributed by atoms with E-state index in [2.05, 4.69) is 10.3 Å². The van der Waals surface area contributed by atoms with Crippen molar-refractivity contribution >= 4 is 16.7 Å². The Kier molecular flexibility index (Phi) is 6.12. The quantitative estimate of drug-likeness (QED) is 0.647. The Hall–Kier alpha value is -3.15. The molecule has 4 rings (SSSR count). The average molecular weight is 405 g/mol. The van der Waals surface area contributed by atoms with Crippen molar-refractivity contribution in [3.63, 3.8) is 0 Å². The number of fused-ring (bicyclic) bond motifs is 1. The van der Waals surface area contributed by atoms with E-state index >= 15 is 0 Å². The van der Waals surface area contributed by atoms with Crippen LogP contribution in [0, 0.1) is 0 Å². The van der Waals surface area contributed by atoms with E-state index in [9.17, 15) is 9.59 Å². The fourth-order valence-corrected chi connectivity index (χ4v) is 4.19. The predicted octanol–water partition coefficient (Wildman–Crippen LogP) is 3.88. The number of amides is 1. The number of benzene rings is 2. The molecule has 1 aliphatic rings. The van der Waals surface area contributed by atoms with Crippen molar-refractivity contribution in [3.8, 4) is 5.75 Å². The minimum absolute atomic E-state index is 0.0682. The fourth-order valence-electron chi connectivity index (χ4n) is 4.19. The van der Waals surface area contributed by atoms with Gasteiger partial charge in [-0.05, 0) is 36.6 Å². The summed E-state index contributed by atoms with van der Waals surface area (Å²) in [4.78, 5) is 29.9. The third-order valence-corrected chi connectivity index (χ3v) is 5.73. The van der Waals surface area contributed by atoms with Gasteiger partial charge in [0.15, 0.2) is 0 Å². The summed E-state index contributed by atoms with van der Waals surface area (Å²) in [5, 5.41) is 4.76. The van der Waals surface area contributed by atoms with Gasteiger partial charge in [0.1, 0.15) is 5.75 Å². The Morgan fingerprint density at radius 1 is 1.20 bits per heavy atom. The topological polar surface area (TPSA) is 73.2 Å². The van der Waals surface area contributed by atoms with Crippen molar-refractivity contribution in [2.75, 3.05) is 13.2 Å². The maximum absolute atomic E-state index is 13.0. The van der Waals surface area contributed by atoms with E-state index in [0.717, 1.165) is 29.3 Å². The van der Waals surface area contributed by atoms with Crippen molar-refractivity contribution in [1.29, 1.82) is 0 Å². The highest BCUT2D eigenvalue weighted by molar-refractivity contribution is 6.09. The second kappa shape index (κ2) is 9.11. The van der Waals surface area contributed by atoms with E-state index in [1.54, 1.807) is 17.0 Å². The summed E-state index contributed by atoms with van der Waals surface area (Å²) in [5.74, 6) is 0.766. The maximum atomic E-state index is 13.0. The van der Waals surface area contributed by atoms with E-state index in [-0.39, 0.29) is 11.5 Å². The molecular weight excluding hydrogens is 378 g/mol. The standard InChI is InChI=1S/C24H27N3O3/c1-2-30-21-12-11-17-7-5-6-10-19(17)23(21)24(29)25-13-14-27-16-26-20(15-22(27)28)18-8-3-4-9-18/h5-7,10-12,15-16,18H,2-4,8-9,13-14H2,1H3,(H,25,29). The molecule has 30 heavy (non-hydrogen) atoms. The van der Waals surface area contributed by atoms with Crippen LogP contribution in [0.4, 0.5) is 0 Å². The minimum Gasteiger partial charge on any atom is -0.493 e. The summed E-state index contributed by atoms with van der Waals surface area (Å²) in [6, 6.07) is 13.2. The molecule has 0 spiro atoms. The molecule has 0 radical (unpaired) electrons. The molecule has 1 saturated carbocycles. The summed E-state index contributed by atoms with van der Waals surface area (Å²) in [5.41, 5.74) is 1.35. The minimum atomic E-state index is -0.209. The van der Waals surface area contributed by atoms with Crippen LogP contribution in [0.2, 0.25) is 0 Å². The first-order valence-electron chi connectivity index (χ1n) is 10.7. The molecular formula is C24H27N3O3. The largest absolute Gasteiger partial charge is 0.493 e. The van der Waals surface area contributed by atoms with Crippen LogP contribution < -0.4 is 15.6 Å². The van der Waals surface area contributed by atoms with Gasteiger partial charge in [0.05, 0.1) is 24.2 Å². The molecule has 0 saturated heterocycles. The van der Waals surface area contributed by atoms with Crippen molar-refractivity contribution < 1.29 is 9.53 Å². The third kappa shape index (κ3) is 4.22. The van der Waals surface area contributed by atoms with Crippen molar-refractivity contribution in [2.45, 2.75) is 45.1 Å². The Labute approximate surface area is 175 Å². The Bertz CT molecular complexity index is 1100. The van der Waals surface area contributed by atoms with Gasteiger partial charge in [0.2, 0.25) is 0 Å². The normalized spacial score (nSPS) is 14.2. The fraction of sp³-hybridized carbons (Fsp3) is 0.375. The highest BCUT2D eigenvalue weighted by atomic mass is 16.5. The van der Waals surface area contributed by atoms with Crippen LogP contribution in [0.1, 0.15) is 54.6 Å². The van der Waals surface area contributed by atoms with Gasteiger partial charge in [-0.2, -0.15) is 0 Å². The van der Waals surface area contributed by atoms with Crippen LogP contribution in [-0.4, -0.2) is 28.6 Å². The zero-order chi connectivity index (χ0) is 20.9. The monoisotopic (exact) mass is 405 g/mol. The smallest absolute Gasteiger partial charge is 0.255 e. The lowest BCUT2D eigenvalue weighted by atomic mass is 10.0. The molecule has 3 aromatic rings. The van der Waals surface area contributed by atoms with E-state index in [1.807, 2.05) is 43.3 Å². The number of aromatic nitrogens is 2. The molecule has 1 heterocycles. The molecule has 1 aromatic heterocycles. The van der Waals surface area contributed by atoms with Gasteiger partial charge in [-0.15, -0.1) is 0 Å². The van der Waals surface area contributed by atoms with E-state index in [4.69, 9.17) is 4.74 Å². The summed E-state index contributed by atoms with van der Waals surface area (Å²) in [6.45, 7) is 3.08. The molecule has 156 valence electrons. The van der Waals surface area contributed by atoms with Gasteiger partial charge >= 0.3 is 0 Å². The Balaban J connectivity index is 1.46. The molecule has 0 aliphatic heterocycles. The lowest BCUT2D eigenvalue weighted by Gasteiger charge is -2.14. The number of carbonyl (C=O) groups excluding carboxylic acids is 1. The van der Waals surface area contributed by atoms with Gasteiger partial charge in [-0.1, -0.05) is 43.2 Å². The molecule has 6 nitrogen and oxygen atoms in total. The van der Waals surface area contributed by atoms with Gasteiger partial charge in [0.25, 0.3) is 11.5 Å². The van der Waals surface area contributed by atoms with Gasteiger partial charge in [0, 0.05) is 25.1 Å². The van der Waals surface area contributed by atoms with E-state index < -0.39 is 0 Å². The van der Waals surface area contributed by atoms with Crippen LogP contribution in [-0.2, 0) is 6.54 Å². The van der Waals surface area contributed by atoms with Crippen molar-refractivity contribution in [2.24, 2.45) is 0 Å². The summed E-state index contributed by atoms with van der Waals surface area (Å²) < 4.78 is 7.23. The SMILES string of the molecule is CCOc1ccc2ccccc2c1C(=O)NCCn1cnc(C2CCCC2)cc1=O. The molecule has 1 N–H and O–H groups in total. The molecule has 1 amide bonds. The molecule has 0 bridgehead atoms. The number of ether oxygens (including phenoxy) is 1. The summed E-state index contributed by atoms with van der Waals surface area (Å²) in [6.07, 6.45) is 6.24. The van der Waals surface area contributed by atoms with Crippen LogP contribution in [0.25, 0.3) is 10.8 Å². The molecule has 0 unspecified atom stereocenters. The molecule has 0 atom stereocenters. The first-order chi connectivity index (χ1) is 14.7. The highest BCUT2D eigenvalue weighted by Crippen LogP contribution is 2.32. The van der Waals surface area contributed by atoms with Crippen LogP contribution in [0.3, 0.4) is 0 Å². The van der Waals surface area contributed by atoms with Gasteiger partial charge in [-0.25, -0.2) is 4.98 Å². The zero-order valence-electron chi connectivity index (χ0n) is 17.3. The van der Waals surface area contributed by atoms with E-state index in [1.165, 1.54) is 12.8 Å². The molecule has 1 aliphatic carbocycles. The zero-order valence-corrected chi connectivity index (χ0v) is 17.3. The maximum Gasteiger partial charge on any atom is 0.255 e. The van der Waals surface area contributed by atoms with Crippen molar-refractivity contribution in [3.05, 3.63) is 70.4 Å². The second-order valence-electron chi connectivity index (χ2n) is 7.68. The molecule has 2 aromatic carbocycles. The summed E-state index contributed by atoms with van der Waals surface area (Å²) >= 11 is 0. The van der Waals surface area contributed by atoms with Crippen LogP contribution in [0.5, 0.6) is 5.75 Å². The number of hydrogen-bond donors (Lipinski definition) is 1. The number of rotatable bonds is 7. The second-order valence-corrected chi connectivity index (χ2v) is 7.68. The van der Waals surface area contributed by atoms with E-state index in [0.29, 0.717) is 36.9 Å².